The molecule has 0 atom stereocenters. The van der Waals surface area contributed by atoms with Gasteiger partial charge in [-0.15, -0.1) is 0 Å². The van der Waals surface area contributed by atoms with Crippen LogP contribution in [-0.4, -0.2) is 5.01 Å². The third kappa shape index (κ3) is 6.62. The number of benzene rings is 8. The van der Waals surface area contributed by atoms with Crippen LogP contribution in [0.3, 0.4) is 0 Å². The predicted octanol–water partition coefficient (Wildman–Crippen LogP) is 12.4. The average Bonchev–Trinajstić information content (AvgIpc) is 3.55. The van der Waals surface area contributed by atoms with E-state index in [1.165, 1.54) is 38.9 Å². The minimum atomic E-state index is -0.464. The van der Waals surface area contributed by atoms with Crippen LogP contribution >= 0.6 is 0 Å². The van der Waals surface area contributed by atoms with Crippen molar-refractivity contribution in [1.29, 1.82) is 5.26 Å². The highest BCUT2D eigenvalue weighted by Crippen LogP contribution is 2.56. The standard InChI is InChI=1S/C52H40N4/c53-35-39-18-14-19-40(32-39)37-56(36-38-16-4-1-5-17-38)55-45-25-15-24-44(34-45)54-51-29-13-11-26-46(51)41-30-31-48-47-27-10-12-28-49(47)52(50(48)33-41,42-20-6-2-7-21-42)43-22-8-3-9-23-43/h1-34,54-55H,36-37H2. The first kappa shape index (κ1) is 34.6. The lowest BCUT2D eigenvalue weighted by Gasteiger charge is -2.34. The van der Waals surface area contributed by atoms with Gasteiger partial charge in [0, 0.05) is 30.0 Å². The Morgan fingerprint density at radius 3 is 1.80 bits per heavy atom. The highest BCUT2D eigenvalue weighted by atomic mass is 15.5. The zero-order valence-corrected chi connectivity index (χ0v) is 30.9. The first-order chi connectivity index (χ1) is 27.7. The Kier molecular flexibility index (Phi) is 9.43. The first-order valence-corrected chi connectivity index (χ1v) is 19.1. The van der Waals surface area contributed by atoms with Crippen LogP contribution in [0.4, 0.5) is 17.1 Å². The number of nitrogens with one attached hydrogen (secondary N) is 2. The van der Waals surface area contributed by atoms with E-state index in [4.69, 9.17) is 0 Å². The van der Waals surface area contributed by atoms with E-state index < -0.39 is 5.41 Å². The van der Waals surface area contributed by atoms with Crippen molar-refractivity contribution in [1.82, 2.24) is 5.01 Å². The van der Waals surface area contributed by atoms with E-state index >= 15 is 0 Å². The van der Waals surface area contributed by atoms with Crippen molar-refractivity contribution < 1.29 is 0 Å². The molecule has 0 aromatic heterocycles. The molecular formula is C52H40N4. The predicted molar refractivity (Wildman–Crippen MR) is 229 cm³/mol. The summed E-state index contributed by atoms with van der Waals surface area (Å²) in [6.45, 7) is 1.31. The summed E-state index contributed by atoms with van der Waals surface area (Å²) in [5.41, 5.74) is 19.0. The summed E-state index contributed by atoms with van der Waals surface area (Å²) < 4.78 is 0. The molecule has 9 rings (SSSR count). The Bertz CT molecular complexity index is 2620. The van der Waals surface area contributed by atoms with E-state index in [0.717, 1.165) is 33.8 Å². The smallest absolute Gasteiger partial charge is 0.0991 e. The first-order valence-electron chi connectivity index (χ1n) is 19.1. The summed E-state index contributed by atoms with van der Waals surface area (Å²) in [4.78, 5) is 0. The number of anilines is 3. The van der Waals surface area contributed by atoms with Gasteiger partial charge in [0.2, 0.25) is 0 Å². The number of nitriles is 1. The summed E-state index contributed by atoms with van der Waals surface area (Å²) >= 11 is 0. The highest BCUT2D eigenvalue weighted by molar-refractivity contribution is 5.90. The maximum atomic E-state index is 9.52. The van der Waals surface area contributed by atoms with Crippen LogP contribution in [0.1, 0.15) is 38.9 Å². The minimum absolute atomic E-state index is 0.464. The van der Waals surface area contributed by atoms with Gasteiger partial charge in [0.15, 0.2) is 0 Å². The number of hydrogen-bond acceptors (Lipinski definition) is 4. The second-order valence-electron chi connectivity index (χ2n) is 14.3. The molecular weight excluding hydrogens is 681 g/mol. The van der Waals surface area contributed by atoms with Crippen LogP contribution in [0.25, 0.3) is 22.3 Å². The highest BCUT2D eigenvalue weighted by Gasteiger charge is 2.46. The lowest BCUT2D eigenvalue weighted by Crippen LogP contribution is -2.29. The van der Waals surface area contributed by atoms with E-state index in [0.29, 0.717) is 18.7 Å². The van der Waals surface area contributed by atoms with Gasteiger partial charge in [0.05, 0.1) is 22.7 Å². The van der Waals surface area contributed by atoms with E-state index in [2.05, 4.69) is 204 Å². The molecule has 0 fully saturated rings. The van der Waals surface area contributed by atoms with Crippen molar-refractivity contribution in [2.75, 3.05) is 10.7 Å². The van der Waals surface area contributed by atoms with Gasteiger partial charge in [0.25, 0.3) is 0 Å². The topological polar surface area (TPSA) is 51.1 Å². The zero-order chi connectivity index (χ0) is 37.7. The van der Waals surface area contributed by atoms with Crippen molar-refractivity contribution in [3.63, 3.8) is 0 Å². The molecule has 0 heterocycles. The molecule has 8 aromatic rings. The van der Waals surface area contributed by atoms with E-state index in [1.807, 2.05) is 24.3 Å². The molecule has 0 unspecified atom stereocenters. The van der Waals surface area contributed by atoms with Gasteiger partial charge in [-0.05, 0) is 92.5 Å². The Morgan fingerprint density at radius 1 is 0.464 bits per heavy atom. The second-order valence-corrected chi connectivity index (χ2v) is 14.3. The van der Waals surface area contributed by atoms with Gasteiger partial charge in [-0.2, -0.15) is 5.26 Å². The van der Waals surface area contributed by atoms with Crippen molar-refractivity contribution >= 4 is 17.1 Å². The summed E-state index contributed by atoms with van der Waals surface area (Å²) in [6, 6.07) is 75.3. The van der Waals surface area contributed by atoms with Crippen LogP contribution in [-0.2, 0) is 18.5 Å². The van der Waals surface area contributed by atoms with Crippen molar-refractivity contribution in [3.8, 4) is 28.3 Å². The maximum Gasteiger partial charge on any atom is 0.0991 e. The number of fused-ring (bicyclic) bond motifs is 3. The van der Waals surface area contributed by atoms with Crippen LogP contribution < -0.4 is 10.7 Å². The third-order valence-corrected chi connectivity index (χ3v) is 10.8. The molecule has 2 N–H and O–H groups in total. The third-order valence-electron chi connectivity index (χ3n) is 10.8. The van der Waals surface area contributed by atoms with Gasteiger partial charge in [0.1, 0.15) is 0 Å². The number of para-hydroxylation sites is 1. The Balaban J connectivity index is 1.06. The number of nitrogens with zero attached hydrogens (tertiary/aromatic N) is 2. The van der Waals surface area contributed by atoms with Crippen LogP contribution in [0.15, 0.2) is 206 Å². The van der Waals surface area contributed by atoms with Gasteiger partial charge in [-0.3, -0.25) is 0 Å². The summed E-state index contributed by atoms with van der Waals surface area (Å²) in [5.74, 6) is 0. The van der Waals surface area contributed by atoms with Crippen LogP contribution in [0, 0.1) is 11.3 Å². The zero-order valence-electron chi connectivity index (χ0n) is 30.9. The van der Waals surface area contributed by atoms with E-state index in [-0.39, 0.29) is 0 Å². The van der Waals surface area contributed by atoms with Gasteiger partial charge < -0.3 is 10.7 Å². The van der Waals surface area contributed by atoms with Gasteiger partial charge in [-0.25, -0.2) is 5.01 Å². The fourth-order valence-corrected chi connectivity index (χ4v) is 8.36. The lowest BCUT2D eigenvalue weighted by molar-refractivity contribution is 0.314. The fourth-order valence-electron chi connectivity index (χ4n) is 8.36. The normalized spacial score (nSPS) is 12.4. The number of hydrogen-bond donors (Lipinski definition) is 2. The fraction of sp³-hybridized carbons (Fsp3) is 0.0577. The minimum Gasteiger partial charge on any atom is -0.355 e. The average molecular weight is 721 g/mol. The van der Waals surface area contributed by atoms with Crippen molar-refractivity contribution in [2.24, 2.45) is 0 Å². The second kappa shape index (κ2) is 15.3. The molecule has 1 aliphatic carbocycles. The molecule has 8 aromatic carbocycles. The Labute approximate surface area is 329 Å². The van der Waals surface area contributed by atoms with Crippen molar-refractivity contribution in [2.45, 2.75) is 18.5 Å². The summed E-state index contributed by atoms with van der Waals surface area (Å²) in [5, 5.41) is 15.5. The van der Waals surface area contributed by atoms with E-state index in [9.17, 15) is 5.26 Å². The van der Waals surface area contributed by atoms with Crippen molar-refractivity contribution in [3.05, 3.63) is 245 Å². The quantitative estimate of drug-likeness (QED) is 0.131. The summed E-state index contributed by atoms with van der Waals surface area (Å²) in [7, 11) is 0. The van der Waals surface area contributed by atoms with Gasteiger partial charge >= 0.3 is 0 Å². The molecule has 0 saturated carbocycles. The molecule has 1 aliphatic rings. The molecule has 0 saturated heterocycles. The molecule has 0 aliphatic heterocycles. The molecule has 4 nitrogen and oxygen atoms in total. The molecule has 0 bridgehead atoms. The van der Waals surface area contributed by atoms with E-state index in [1.54, 1.807) is 0 Å². The number of hydrazine groups is 1. The summed E-state index contributed by atoms with van der Waals surface area (Å²) in [6.07, 6.45) is 0. The SMILES string of the molecule is N#Cc1cccc(CN(Cc2ccccc2)Nc2cccc(Nc3ccccc3-c3ccc4c(c3)C(c3ccccc3)(c3ccccc3)c3ccccc3-4)c2)c1. The number of rotatable bonds is 11. The monoisotopic (exact) mass is 720 g/mol. The molecule has 4 heteroatoms. The van der Waals surface area contributed by atoms with Crippen LogP contribution in [0.2, 0.25) is 0 Å². The molecule has 0 radical (unpaired) electrons. The molecule has 0 spiro atoms. The molecule has 0 amide bonds. The largest absolute Gasteiger partial charge is 0.355 e. The molecule has 268 valence electrons. The Morgan fingerprint density at radius 2 is 1.05 bits per heavy atom. The maximum absolute atomic E-state index is 9.52. The lowest BCUT2D eigenvalue weighted by atomic mass is 9.67. The van der Waals surface area contributed by atoms with Gasteiger partial charge in [-0.1, -0.05) is 164 Å². The molecule has 56 heavy (non-hydrogen) atoms. The Hall–Kier alpha value is -7.19. The van der Waals surface area contributed by atoms with Crippen LogP contribution in [0.5, 0.6) is 0 Å².